The van der Waals surface area contributed by atoms with E-state index in [-0.39, 0.29) is 6.61 Å². The minimum atomic E-state index is 0.241. The second-order valence-electron chi connectivity index (χ2n) is 4.54. The summed E-state index contributed by atoms with van der Waals surface area (Å²) in [6, 6.07) is 5.63. The summed E-state index contributed by atoms with van der Waals surface area (Å²) < 4.78 is 0. The fourth-order valence-corrected chi connectivity index (χ4v) is 2.56. The number of fused-ring (bicyclic) bond motifs is 1. The number of aliphatic hydroxyl groups excluding tert-OH is 1. The molecular weight excluding hydrogens is 188 g/mol. The zero-order chi connectivity index (χ0) is 10.8. The van der Waals surface area contributed by atoms with Crippen molar-refractivity contribution in [1.29, 1.82) is 0 Å². The number of rotatable bonds is 2. The van der Waals surface area contributed by atoms with Crippen LogP contribution in [-0.2, 0) is 6.42 Å². The van der Waals surface area contributed by atoms with Gasteiger partial charge in [-0.1, -0.05) is 13.0 Å². The molecule has 0 heterocycles. The maximum atomic E-state index is 9.42. The molecule has 2 unspecified atom stereocenters. The standard InChI is InChI=1S/C13H18O2/c1-9(8-14)12-4-2-3-10-7-11(15)5-6-13(10)12/h5-7,9,12,14-15H,2-4,8H2,1H3. The van der Waals surface area contributed by atoms with Crippen LogP contribution in [0.2, 0.25) is 0 Å². The van der Waals surface area contributed by atoms with Crippen molar-refractivity contribution in [2.45, 2.75) is 32.1 Å². The van der Waals surface area contributed by atoms with Gasteiger partial charge in [0.05, 0.1) is 0 Å². The Balaban J connectivity index is 2.34. The number of phenols is 1. The second kappa shape index (κ2) is 4.23. The quantitative estimate of drug-likeness (QED) is 0.780. The van der Waals surface area contributed by atoms with Gasteiger partial charge in [-0.15, -0.1) is 0 Å². The van der Waals surface area contributed by atoms with Gasteiger partial charge in [-0.3, -0.25) is 0 Å². The molecule has 2 heteroatoms. The maximum absolute atomic E-state index is 9.42. The molecule has 0 aliphatic heterocycles. The Labute approximate surface area is 90.6 Å². The second-order valence-corrected chi connectivity index (χ2v) is 4.54. The van der Waals surface area contributed by atoms with Crippen LogP contribution in [0.4, 0.5) is 0 Å². The molecule has 0 amide bonds. The molecule has 1 aromatic carbocycles. The van der Waals surface area contributed by atoms with Crippen LogP contribution in [-0.4, -0.2) is 16.8 Å². The van der Waals surface area contributed by atoms with E-state index in [1.165, 1.54) is 11.1 Å². The van der Waals surface area contributed by atoms with Crippen molar-refractivity contribution in [1.82, 2.24) is 0 Å². The normalized spacial score (nSPS) is 22.1. The molecule has 2 N–H and O–H groups in total. The number of aryl methyl sites for hydroxylation is 1. The first kappa shape index (κ1) is 10.5. The Morgan fingerprint density at radius 3 is 3.00 bits per heavy atom. The largest absolute Gasteiger partial charge is 0.508 e. The van der Waals surface area contributed by atoms with Gasteiger partial charge < -0.3 is 10.2 Å². The van der Waals surface area contributed by atoms with E-state index in [0.29, 0.717) is 17.6 Å². The minimum Gasteiger partial charge on any atom is -0.508 e. The van der Waals surface area contributed by atoms with Crippen molar-refractivity contribution >= 4 is 0 Å². The highest BCUT2D eigenvalue weighted by atomic mass is 16.3. The van der Waals surface area contributed by atoms with E-state index in [2.05, 4.69) is 6.92 Å². The van der Waals surface area contributed by atoms with E-state index >= 15 is 0 Å². The summed E-state index contributed by atoms with van der Waals surface area (Å²) in [7, 11) is 0. The summed E-state index contributed by atoms with van der Waals surface area (Å²) in [5.74, 6) is 1.12. The lowest BCUT2D eigenvalue weighted by molar-refractivity contribution is 0.208. The zero-order valence-corrected chi connectivity index (χ0v) is 9.11. The predicted molar refractivity (Wildman–Crippen MR) is 60.0 cm³/mol. The molecule has 2 nitrogen and oxygen atoms in total. The molecule has 0 saturated heterocycles. The highest BCUT2D eigenvalue weighted by molar-refractivity contribution is 5.38. The maximum Gasteiger partial charge on any atom is 0.115 e. The summed E-state index contributed by atoms with van der Waals surface area (Å²) in [5.41, 5.74) is 2.58. The van der Waals surface area contributed by atoms with Gasteiger partial charge >= 0.3 is 0 Å². The highest BCUT2D eigenvalue weighted by Crippen LogP contribution is 2.37. The van der Waals surface area contributed by atoms with Crippen molar-refractivity contribution in [3.63, 3.8) is 0 Å². The monoisotopic (exact) mass is 206 g/mol. The number of benzene rings is 1. The van der Waals surface area contributed by atoms with Gasteiger partial charge in [0.2, 0.25) is 0 Å². The molecule has 0 radical (unpaired) electrons. The topological polar surface area (TPSA) is 40.5 Å². The summed E-state index contributed by atoms with van der Waals surface area (Å²) in [5, 5.41) is 18.6. The summed E-state index contributed by atoms with van der Waals surface area (Å²) in [6.45, 7) is 2.33. The predicted octanol–water partition coefficient (Wildman–Crippen LogP) is 2.44. The molecule has 82 valence electrons. The number of aromatic hydroxyl groups is 1. The molecule has 0 aromatic heterocycles. The average molecular weight is 206 g/mol. The number of phenolic OH excluding ortho intramolecular Hbond substituents is 1. The van der Waals surface area contributed by atoms with Gasteiger partial charge in [0, 0.05) is 6.61 Å². The van der Waals surface area contributed by atoms with Gasteiger partial charge in [0.15, 0.2) is 0 Å². The summed E-state index contributed by atoms with van der Waals surface area (Å²) >= 11 is 0. The van der Waals surface area contributed by atoms with Crippen molar-refractivity contribution in [3.8, 4) is 5.75 Å². The van der Waals surface area contributed by atoms with E-state index < -0.39 is 0 Å². The Hall–Kier alpha value is -1.02. The molecule has 2 rings (SSSR count). The van der Waals surface area contributed by atoms with Gasteiger partial charge in [-0.25, -0.2) is 0 Å². The lowest BCUT2D eigenvalue weighted by Crippen LogP contribution is -2.18. The molecule has 15 heavy (non-hydrogen) atoms. The first-order chi connectivity index (χ1) is 7.22. The smallest absolute Gasteiger partial charge is 0.115 e. The van der Waals surface area contributed by atoms with Crippen molar-refractivity contribution in [2.75, 3.05) is 6.61 Å². The van der Waals surface area contributed by atoms with Gasteiger partial charge in [-0.05, 0) is 54.4 Å². The molecule has 0 spiro atoms. The van der Waals surface area contributed by atoms with Gasteiger partial charge in [0.1, 0.15) is 5.75 Å². The molecule has 1 aliphatic rings. The van der Waals surface area contributed by atoms with Crippen LogP contribution in [0.15, 0.2) is 18.2 Å². The lowest BCUT2D eigenvalue weighted by atomic mass is 9.76. The van der Waals surface area contributed by atoms with Crippen LogP contribution in [0.1, 0.15) is 36.8 Å². The molecule has 0 bridgehead atoms. The molecule has 1 aromatic rings. The fourth-order valence-electron chi connectivity index (χ4n) is 2.56. The van der Waals surface area contributed by atoms with Crippen molar-refractivity contribution in [2.24, 2.45) is 5.92 Å². The Morgan fingerprint density at radius 1 is 1.47 bits per heavy atom. The van der Waals surface area contributed by atoms with E-state index in [4.69, 9.17) is 0 Å². The highest BCUT2D eigenvalue weighted by Gasteiger charge is 2.24. The SMILES string of the molecule is CC(CO)C1CCCc2cc(O)ccc21. The first-order valence-electron chi connectivity index (χ1n) is 5.65. The molecule has 1 aliphatic carbocycles. The number of hydrogen-bond acceptors (Lipinski definition) is 2. The van der Waals surface area contributed by atoms with Crippen LogP contribution in [0.25, 0.3) is 0 Å². The number of hydrogen-bond donors (Lipinski definition) is 2. The number of aliphatic hydroxyl groups is 1. The van der Waals surface area contributed by atoms with Gasteiger partial charge in [-0.2, -0.15) is 0 Å². The van der Waals surface area contributed by atoms with E-state index in [1.54, 1.807) is 6.07 Å². The molecule has 0 saturated carbocycles. The molecular formula is C13H18O2. The third-order valence-electron chi connectivity index (χ3n) is 3.46. The first-order valence-corrected chi connectivity index (χ1v) is 5.65. The fraction of sp³-hybridized carbons (Fsp3) is 0.538. The van der Waals surface area contributed by atoms with E-state index in [9.17, 15) is 10.2 Å². The Kier molecular flexibility index (Phi) is 2.96. The summed E-state index contributed by atoms with van der Waals surface area (Å²) in [4.78, 5) is 0. The van der Waals surface area contributed by atoms with E-state index in [0.717, 1.165) is 19.3 Å². The lowest BCUT2D eigenvalue weighted by Gasteiger charge is -2.29. The Bertz CT molecular complexity index is 346. The van der Waals surface area contributed by atoms with Crippen LogP contribution in [0.5, 0.6) is 5.75 Å². The van der Waals surface area contributed by atoms with Crippen molar-refractivity contribution < 1.29 is 10.2 Å². The third kappa shape index (κ3) is 2.00. The third-order valence-corrected chi connectivity index (χ3v) is 3.46. The summed E-state index contributed by atoms with van der Waals surface area (Å²) in [6.07, 6.45) is 3.36. The van der Waals surface area contributed by atoms with E-state index in [1.807, 2.05) is 12.1 Å². The molecule has 2 atom stereocenters. The Morgan fingerprint density at radius 2 is 2.27 bits per heavy atom. The van der Waals surface area contributed by atoms with Crippen molar-refractivity contribution in [3.05, 3.63) is 29.3 Å². The van der Waals surface area contributed by atoms with Crippen LogP contribution in [0.3, 0.4) is 0 Å². The van der Waals surface area contributed by atoms with Gasteiger partial charge in [0.25, 0.3) is 0 Å². The minimum absolute atomic E-state index is 0.241. The zero-order valence-electron chi connectivity index (χ0n) is 9.11. The van der Waals surface area contributed by atoms with Crippen LogP contribution >= 0.6 is 0 Å². The van der Waals surface area contributed by atoms with Crippen LogP contribution < -0.4 is 0 Å². The van der Waals surface area contributed by atoms with Crippen LogP contribution in [0, 0.1) is 5.92 Å². The average Bonchev–Trinajstić information content (AvgIpc) is 2.26. The molecule has 0 fully saturated rings.